The van der Waals surface area contributed by atoms with E-state index in [1.807, 2.05) is 31.3 Å². The number of carbonyl (C=O) groups is 1. The predicted octanol–water partition coefficient (Wildman–Crippen LogP) is 1.14. The van der Waals surface area contributed by atoms with Gasteiger partial charge in [0.15, 0.2) is 11.5 Å². The minimum Gasteiger partial charge on any atom is -0.493 e. The van der Waals surface area contributed by atoms with Gasteiger partial charge in [0.05, 0.1) is 19.6 Å². The standard InChI is InChI=1S/C15H22N2O3/c1-17(15(18)12-7-8-16-11-12)9-10-20-14-6-4-3-5-13(14)19-2/h3-6,12,16H,7-11H2,1-2H3. The summed E-state index contributed by atoms with van der Waals surface area (Å²) in [4.78, 5) is 13.9. The zero-order valence-corrected chi connectivity index (χ0v) is 12.1. The van der Waals surface area contributed by atoms with Gasteiger partial charge in [0.1, 0.15) is 6.61 Å². The topological polar surface area (TPSA) is 50.8 Å². The van der Waals surface area contributed by atoms with Gasteiger partial charge >= 0.3 is 0 Å². The third-order valence-electron chi connectivity index (χ3n) is 3.54. The molecule has 1 aliphatic rings. The van der Waals surface area contributed by atoms with Gasteiger partial charge in [0.25, 0.3) is 0 Å². The van der Waals surface area contributed by atoms with Crippen LogP contribution in [-0.4, -0.2) is 51.2 Å². The fourth-order valence-corrected chi connectivity index (χ4v) is 2.32. The number of amides is 1. The summed E-state index contributed by atoms with van der Waals surface area (Å²) < 4.78 is 10.9. The first-order valence-corrected chi connectivity index (χ1v) is 6.94. The fraction of sp³-hybridized carbons (Fsp3) is 0.533. The van der Waals surface area contributed by atoms with Gasteiger partial charge in [-0.15, -0.1) is 0 Å². The number of hydrogen-bond acceptors (Lipinski definition) is 4. The Morgan fingerprint density at radius 2 is 2.15 bits per heavy atom. The van der Waals surface area contributed by atoms with Crippen molar-refractivity contribution in [3.8, 4) is 11.5 Å². The van der Waals surface area contributed by atoms with E-state index in [0.717, 1.165) is 19.5 Å². The maximum atomic E-state index is 12.1. The monoisotopic (exact) mass is 278 g/mol. The van der Waals surface area contributed by atoms with Crippen molar-refractivity contribution < 1.29 is 14.3 Å². The molecule has 1 amide bonds. The van der Waals surface area contributed by atoms with Crippen molar-refractivity contribution in [1.29, 1.82) is 0 Å². The number of benzene rings is 1. The van der Waals surface area contributed by atoms with Crippen LogP contribution < -0.4 is 14.8 Å². The maximum Gasteiger partial charge on any atom is 0.226 e. The van der Waals surface area contributed by atoms with Crippen LogP contribution in [0.15, 0.2) is 24.3 Å². The van der Waals surface area contributed by atoms with E-state index in [1.54, 1.807) is 12.0 Å². The SMILES string of the molecule is COc1ccccc1OCCN(C)C(=O)C1CCNC1. The minimum absolute atomic E-state index is 0.117. The van der Waals surface area contributed by atoms with Gasteiger partial charge in [0, 0.05) is 13.6 Å². The average molecular weight is 278 g/mol. The lowest BCUT2D eigenvalue weighted by Gasteiger charge is -2.21. The van der Waals surface area contributed by atoms with Crippen molar-refractivity contribution in [1.82, 2.24) is 10.2 Å². The lowest BCUT2D eigenvalue weighted by molar-refractivity contribution is -0.133. The van der Waals surface area contributed by atoms with Crippen LogP contribution >= 0.6 is 0 Å². The van der Waals surface area contributed by atoms with Crippen LogP contribution in [0, 0.1) is 5.92 Å². The third kappa shape index (κ3) is 3.63. The number of methoxy groups -OCH3 is 1. The molecular weight excluding hydrogens is 256 g/mol. The molecule has 5 nitrogen and oxygen atoms in total. The molecular formula is C15H22N2O3. The molecule has 1 heterocycles. The highest BCUT2D eigenvalue weighted by molar-refractivity contribution is 5.79. The van der Waals surface area contributed by atoms with Gasteiger partial charge in [-0.1, -0.05) is 12.1 Å². The smallest absolute Gasteiger partial charge is 0.226 e. The number of likely N-dealkylation sites (N-methyl/N-ethyl adjacent to an activating group) is 1. The summed E-state index contributed by atoms with van der Waals surface area (Å²) >= 11 is 0. The Hall–Kier alpha value is -1.75. The Labute approximate surface area is 119 Å². The maximum absolute atomic E-state index is 12.1. The lowest BCUT2D eigenvalue weighted by Crippen LogP contribution is -2.36. The summed E-state index contributed by atoms with van der Waals surface area (Å²) in [7, 11) is 3.44. The normalized spacial score (nSPS) is 17.8. The number of ether oxygens (including phenoxy) is 2. The molecule has 0 radical (unpaired) electrons. The Morgan fingerprint density at radius 1 is 1.40 bits per heavy atom. The first-order valence-electron chi connectivity index (χ1n) is 6.94. The van der Waals surface area contributed by atoms with Gasteiger partial charge in [-0.25, -0.2) is 0 Å². The Balaban J connectivity index is 1.78. The summed E-state index contributed by atoms with van der Waals surface area (Å²) in [6.07, 6.45) is 0.927. The molecule has 1 fully saturated rings. The van der Waals surface area contributed by atoms with Gasteiger partial charge in [-0.3, -0.25) is 4.79 Å². The fourth-order valence-electron chi connectivity index (χ4n) is 2.32. The van der Waals surface area contributed by atoms with Gasteiger partial charge in [0.2, 0.25) is 5.91 Å². The molecule has 2 rings (SSSR count). The first-order chi connectivity index (χ1) is 9.72. The first kappa shape index (κ1) is 14.7. The van der Waals surface area contributed by atoms with E-state index in [2.05, 4.69) is 5.32 Å². The largest absolute Gasteiger partial charge is 0.493 e. The van der Waals surface area contributed by atoms with Crippen LogP contribution in [-0.2, 0) is 4.79 Å². The van der Waals surface area contributed by atoms with E-state index >= 15 is 0 Å². The van der Waals surface area contributed by atoms with E-state index in [4.69, 9.17) is 9.47 Å². The van der Waals surface area contributed by atoms with E-state index in [1.165, 1.54) is 0 Å². The average Bonchev–Trinajstić information content (AvgIpc) is 3.01. The van der Waals surface area contributed by atoms with Crippen LogP contribution in [0.4, 0.5) is 0 Å². The number of hydrogen-bond donors (Lipinski definition) is 1. The molecule has 0 bridgehead atoms. The van der Waals surface area contributed by atoms with Crippen molar-refractivity contribution in [3.63, 3.8) is 0 Å². The summed E-state index contributed by atoms with van der Waals surface area (Å²) in [6, 6.07) is 7.52. The summed E-state index contributed by atoms with van der Waals surface area (Å²) in [5.74, 6) is 1.73. The summed E-state index contributed by atoms with van der Waals surface area (Å²) in [6.45, 7) is 2.76. The summed E-state index contributed by atoms with van der Waals surface area (Å²) in [5, 5.41) is 3.21. The van der Waals surface area contributed by atoms with Crippen molar-refractivity contribution in [3.05, 3.63) is 24.3 Å². The molecule has 1 aliphatic heterocycles. The third-order valence-corrected chi connectivity index (χ3v) is 3.54. The number of nitrogens with one attached hydrogen (secondary N) is 1. The molecule has 20 heavy (non-hydrogen) atoms. The van der Waals surface area contributed by atoms with Crippen molar-refractivity contribution >= 4 is 5.91 Å². The summed E-state index contributed by atoms with van der Waals surface area (Å²) in [5.41, 5.74) is 0. The van der Waals surface area contributed by atoms with Crippen LogP contribution in [0.2, 0.25) is 0 Å². The molecule has 5 heteroatoms. The Morgan fingerprint density at radius 3 is 2.80 bits per heavy atom. The predicted molar refractivity (Wildman–Crippen MR) is 77.1 cm³/mol. The second-order valence-corrected chi connectivity index (χ2v) is 4.95. The zero-order chi connectivity index (χ0) is 14.4. The Kier molecular flexibility index (Phi) is 5.24. The molecule has 1 aromatic rings. The van der Waals surface area contributed by atoms with Gasteiger partial charge in [-0.2, -0.15) is 0 Å². The molecule has 0 saturated carbocycles. The van der Waals surface area contributed by atoms with Crippen LogP contribution in [0.5, 0.6) is 11.5 Å². The van der Waals surface area contributed by atoms with E-state index < -0.39 is 0 Å². The Bertz CT molecular complexity index is 444. The second kappa shape index (κ2) is 7.14. The van der Waals surface area contributed by atoms with Gasteiger partial charge < -0.3 is 19.7 Å². The molecule has 110 valence electrons. The minimum atomic E-state index is 0.117. The highest BCUT2D eigenvalue weighted by Crippen LogP contribution is 2.25. The van der Waals surface area contributed by atoms with Crippen molar-refractivity contribution in [2.45, 2.75) is 6.42 Å². The highest BCUT2D eigenvalue weighted by Gasteiger charge is 2.24. The van der Waals surface area contributed by atoms with Crippen LogP contribution in [0.3, 0.4) is 0 Å². The zero-order valence-electron chi connectivity index (χ0n) is 12.1. The molecule has 0 aromatic heterocycles. The molecule has 1 N–H and O–H groups in total. The van der Waals surface area contributed by atoms with Gasteiger partial charge in [-0.05, 0) is 25.1 Å². The van der Waals surface area contributed by atoms with E-state index in [0.29, 0.717) is 24.7 Å². The quantitative estimate of drug-likeness (QED) is 0.848. The number of carbonyl (C=O) groups excluding carboxylic acids is 1. The number of para-hydroxylation sites is 2. The highest BCUT2D eigenvalue weighted by atomic mass is 16.5. The number of nitrogens with zero attached hydrogens (tertiary/aromatic N) is 1. The molecule has 0 aliphatic carbocycles. The lowest BCUT2D eigenvalue weighted by atomic mass is 10.1. The molecule has 1 aromatic carbocycles. The van der Waals surface area contributed by atoms with Crippen molar-refractivity contribution in [2.24, 2.45) is 5.92 Å². The van der Waals surface area contributed by atoms with E-state index in [9.17, 15) is 4.79 Å². The molecule has 1 saturated heterocycles. The van der Waals surface area contributed by atoms with E-state index in [-0.39, 0.29) is 11.8 Å². The number of rotatable bonds is 6. The van der Waals surface area contributed by atoms with Crippen molar-refractivity contribution in [2.75, 3.05) is 40.4 Å². The second-order valence-electron chi connectivity index (χ2n) is 4.95. The molecule has 1 unspecified atom stereocenters. The van der Waals surface area contributed by atoms with Crippen LogP contribution in [0.1, 0.15) is 6.42 Å². The van der Waals surface area contributed by atoms with Crippen LogP contribution in [0.25, 0.3) is 0 Å². The molecule has 0 spiro atoms. The molecule has 1 atom stereocenters.